The average Bonchev–Trinajstić information content (AvgIpc) is 3.36. The van der Waals surface area contributed by atoms with Gasteiger partial charge in [-0.15, -0.1) is 0 Å². The van der Waals surface area contributed by atoms with Gasteiger partial charge in [0.1, 0.15) is 41.3 Å². The Labute approximate surface area is 236 Å². The lowest BCUT2D eigenvalue weighted by atomic mass is 9.97. The van der Waals surface area contributed by atoms with Crippen LogP contribution in [0.4, 0.5) is 15.4 Å². The number of ether oxygens (including phenoxy) is 3. The van der Waals surface area contributed by atoms with Crippen molar-refractivity contribution in [2.24, 2.45) is 0 Å². The van der Waals surface area contributed by atoms with Gasteiger partial charge in [-0.2, -0.15) is 0 Å². The van der Waals surface area contributed by atoms with E-state index in [9.17, 15) is 29.7 Å². The standard InChI is InChI=1S/C25H39N7O9/c1-24(2,3)40-22(37)30-12(7-8-13(21(35)36)31-23(38)41-25(4,5)6)9-14-16(33)17(34)20(39-14)32-11-29-15-18(26)27-10-28-19(15)32/h10-14,16-17,20,33-34H,7-9H2,1-6H3,(H,30,37)(H,31,38)(H,35,36)(H2,26,27,28)/t12-,13-,14?,16?,17+,20+/m0/s1. The molecule has 0 aromatic carbocycles. The van der Waals surface area contributed by atoms with E-state index in [-0.39, 0.29) is 30.7 Å². The van der Waals surface area contributed by atoms with Gasteiger partial charge >= 0.3 is 18.2 Å². The topological polar surface area (TPSA) is 233 Å². The third-order valence-corrected chi connectivity index (χ3v) is 6.03. The van der Waals surface area contributed by atoms with E-state index in [1.165, 1.54) is 17.2 Å². The molecule has 41 heavy (non-hydrogen) atoms. The number of carbonyl (C=O) groups is 3. The maximum Gasteiger partial charge on any atom is 0.408 e. The molecule has 7 N–H and O–H groups in total. The highest BCUT2D eigenvalue weighted by Crippen LogP contribution is 2.34. The molecule has 0 saturated carbocycles. The van der Waals surface area contributed by atoms with Crippen LogP contribution in [0.2, 0.25) is 0 Å². The molecular formula is C25H39N7O9. The maximum absolute atomic E-state index is 12.6. The van der Waals surface area contributed by atoms with E-state index in [0.29, 0.717) is 5.52 Å². The molecule has 16 nitrogen and oxygen atoms in total. The number of nitrogens with zero attached hydrogens (tertiary/aromatic N) is 4. The van der Waals surface area contributed by atoms with Crippen molar-refractivity contribution in [3.8, 4) is 0 Å². The molecule has 0 bridgehead atoms. The van der Waals surface area contributed by atoms with Crippen LogP contribution in [0.25, 0.3) is 11.2 Å². The molecule has 3 rings (SSSR count). The molecule has 0 aliphatic carbocycles. The molecule has 0 spiro atoms. The predicted octanol–water partition coefficient (Wildman–Crippen LogP) is 1.07. The zero-order valence-electron chi connectivity index (χ0n) is 23.9. The minimum absolute atomic E-state index is 0.0313. The summed E-state index contributed by atoms with van der Waals surface area (Å²) in [5.41, 5.74) is 4.78. The SMILES string of the molecule is CC(C)(C)OC(=O)N[C@@H](CC[C@H](NC(=O)OC(C)(C)C)C(=O)O)CC1O[C@@H](n2cnc3c(N)ncnc32)[C@H](O)C1O. The summed E-state index contributed by atoms with van der Waals surface area (Å²) in [5, 5.41) is 36.3. The number of aliphatic hydroxyl groups excluding tert-OH is 2. The number of nitrogens with one attached hydrogen (secondary N) is 2. The molecule has 228 valence electrons. The number of carboxylic acid groups (broad SMARTS) is 1. The number of amides is 2. The van der Waals surface area contributed by atoms with Gasteiger partial charge in [0.15, 0.2) is 17.7 Å². The second-order valence-electron chi connectivity index (χ2n) is 11.8. The Morgan fingerprint density at radius 3 is 2.20 bits per heavy atom. The monoisotopic (exact) mass is 581 g/mol. The van der Waals surface area contributed by atoms with Gasteiger partial charge in [-0.25, -0.2) is 29.3 Å². The van der Waals surface area contributed by atoms with E-state index in [0.717, 1.165) is 0 Å². The smallest absolute Gasteiger partial charge is 0.408 e. The van der Waals surface area contributed by atoms with Crippen molar-refractivity contribution in [3.63, 3.8) is 0 Å². The van der Waals surface area contributed by atoms with Crippen LogP contribution in [0, 0.1) is 0 Å². The van der Waals surface area contributed by atoms with Crippen LogP contribution in [0.5, 0.6) is 0 Å². The van der Waals surface area contributed by atoms with Gasteiger partial charge in [-0.1, -0.05) is 0 Å². The predicted molar refractivity (Wildman–Crippen MR) is 143 cm³/mol. The quantitative estimate of drug-likeness (QED) is 0.243. The van der Waals surface area contributed by atoms with Gasteiger partial charge in [0, 0.05) is 6.04 Å². The molecule has 1 saturated heterocycles. The van der Waals surface area contributed by atoms with Crippen molar-refractivity contribution in [1.29, 1.82) is 0 Å². The number of carbonyl (C=O) groups excluding carboxylic acids is 2. The van der Waals surface area contributed by atoms with Gasteiger partial charge in [0.05, 0.1) is 12.4 Å². The minimum Gasteiger partial charge on any atom is -0.480 e. The van der Waals surface area contributed by atoms with E-state index in [2.05, 4.69) is 25.6 Å². The first-order valence-corrected chi connectivity index (χ1v) is 13.1. The number of anilines is 1. The van der Waals surface area contributed by atoms with Crippen molar-refractivity contribution in [2.45, 2.75) is 109 Å². The largest absolute Gasteiger partial charge is 0.480 e. The number of hydrogen-bond donors (Lipinski definition) is 6. The zero-order valence-corrected chi connectivity index (χ0v) is 23.9. The number of imidazole rings is 1. The van der Waals surface area contributed by atoms with Crippen LogP contribution in [-0.2, 0) is 19.0 Å². The van der Waals surface area contributed by atoms with E-state index in [1.807, 2.05) is 0 Å². The van der Waals surface area contributed by atoms with Gasteiger partial charge in [0.25, 0.3) is 0 Å². The molecule has 2 amide bonds. The van der Waals surface area contributed by atoms with E-state index < -0.39 is 66.0 Å². The molecule has 1 aliphatic heterocycles. The molecular weight excluding hydrogens is 542 g/mol. The number of aromatic nitrogens is 4. The van der Waals surface area contributed by atoms with E-state index in [4.69, 9.17) is 19.9 Å². The van der Waals surface area contributed by atoms with Crippen LogP contribution in [0.3, 0.4) is 0 Å². The highest BCUT2D eigenvalue weighted by atomic mass is 16.6. The van der Waals surface area contributed by atoms with Crippen molar-refractivity contribution in [1.82, 2.24) is 30.2 Å². The number of alkyl carbamates (subject to hydrolysis) is 2. The first-order valence-electron chi connectivity index (χ1n) is 13.1. The number of hydrogen-bond acceptors (Lipinski definition) is 12. The summed E-state index contributed by atoms with van der Waals surface area (Å²) in [6, 6.07) is -2.11. The number of aliphatic hydroxyl groups is 2. The molecule has 6 atom stereocenters. The normalized spacial score (nSPS) is 22.6. The molecule has 2 aromatic heterocycles. The highest BCUT2D eigenvalue weighted by molar-refractivity contribution is 5.81. The zero-order chi connectivity index (χ0) is 30.7. The minimum atomic E-state index is -1.39. The van der Waals surface area contributed by atoms with E-state index >= 15 is 0 Å². The van der Waals surface area contributed by atoms with Crippen LogP contribution < -0.4 is 16.4 Å². The number of nitrogen functional groups attached to an aromatic ring is 1. The maximum atomic E-state index is 12.6. The highest BCUT2D eigenvalue weighted by Gasteiger charge is 2.45. The molecule has 3 heterocycles. The third-order valence-electron chi connectivity index (χ3n) is 6.03. The lowest BCUT2D eigenvalue weighted by Crippen LogP contribution is -2.46. The Morgan fingerprint density at radius 1 is 1.00 bits per heavy atom. The fourth-order valence-electron chi connectivity index (χ4n) is 4.29. The summed E-state index contributed by atoms with van der Waals surface area (Å²) in [7, 11) is 0. The number of rotatable bonds is 9. The van der Waals surface area contributed by atoms with Crippen molar-refractivity contribution in [3.05, 3.63) is 12.7 Å². The van der Waals surface area contributed by atoms with Crippen LogP contribution in [-0.4, -0.2) is 94.6 Å². The first-order chi connectivity index (χ1) is 18.9. The second kappa shape index (κ2) is 12.4. The lowest BCUT2D eigenvalue weighted by Gasteiger charge is -2.27. The molecule has 16 heteroatoms. The molecule has 1 fully saturated rings. The van der Waals surface area contributed by atoms with Crippen LogP contribution >= 0.6 is 0 Å². The Kier molecular flexibility index (Phi) is 9.61. The number of fused-ring (bicyclic) bond motifs is 1. The second-order valence-corrected chi connectivity index (χ2v) is 11.8. The fourth-order valence-corrected chi connectivity index (χ4v) is 4.29. The lowest BCUT2D eigenvalue weighted by molar-refractivity contribution is -0.139. The fraction of sp³-hybridized carbons (Fsp3) is 0.680. The van der Waals surface area contributed by atoms with Crippen LogP contribution in [0.15, 0.2) is 12.7 Å². The summed E-state index contributed by atoms with van der Waals surface area (Å²) in [5.74, 6) is -1.17. The van der Waals surface area contributed by atoms with Crippen molar-refractivity contribution >= 4 is 35.1 Å². The Bertz CT molecular complexity index is 1240. The number of nitrogens with two attached hydrogens (primary N) is 1. The summed E-state index contributed by atoms with van der Waals surface area (Å²) >= 11 is 0. The van der Waals surface area contributed by atoms with Gasteiger partial charge in [-0.3, -0.25) is 4.57 Å². The van der Waals surface area contributed by atoms with Gasteiger partial charge < -0.3 is 45.9 Å². The average molecular weight is 582 g/mol. The number of aliphatic carboxylic acids is 1. The summed E-state index contributed by atoms with van der Waals surface area (Å²) in [6.45, 7) is 9.99. The molecule has 2 aromatic rings. The Balaban J connectivity index is 1.76. The summed E-state index contributed by atoms with van der Waals surface area (Å²) in [4.78, 5) is 48.8. The Hall–Kier alpha value is -3.76. The van der Waals surface area contributed by atoms with Gasteiger partial charge in [0.2, 0.25) is 0 Å². The van der Waals surface area contributed by atoms with E-state index in [1.54, 1.807) is 41.5 Å². The van der Waals surface area contributed by atoms with Crippen molar-refractivity contribution < 1.29 is 43.9 Å². The first kappa shape index (κ1) is 31.8. The third kappa shape index (κ3) is 8.61. The molecule has 1 aliphatic rings. The van der Waals surface area contributed by atoms with Gasteiger partial charge in [-0.05, 0) is 60.8 Å². The van der Waals surface area contributed by atoms with Crippen molar-refractivity contribution in [2.75, 3.05) is 5.73 Å². The number of carboxylic acids is 1. The Morgan fingerprint density at radius 2 is 1.61 bits per heavy atom. The molecule has 0 radical (unpaired) electrons. The summed E-state index contributed by atoms with van der Waals surface area (Å²) < 4.78 is 17.9. The molecule has 2 unspecified atom stereocenters. The summed E-state index contributed by atoms with van der Waals surface area (Å²) in [6.07, 6.45) is -4.03. The van der Waals surface area contributed by atoms with Crippen LogP contribution in [0.1, 0.15) is 67.0 Å².